The van der Waals surface area contributed by atoms with Crippen LogP contribution in [-0.4, -0.2) is 28.7 Å². The molecular weight excluding hydrogens is 316 g/mol. The lowest BCUT2D eigenvalue weighted by atomic mass is 10.1. The zero-order valence-electron chi connectivity index (χ0n) is 12.3. The number of benzene rings is 1. The highest BCUT2D eigenvalue weighted by molar-refractivity contribution is 7.13. The molecule has 3 amide bonds. The fraction of sp³-hybridized carbons (Fsp3) is 0.200. The largest absolute Gasteiger partial charge is 0.340 e. The summed E-state index contributed by atoms with van der Waals surface area (Å²) in [6.45, 7) is 1.82. The van der Waals surface area contributed by atoms with Crippen molar-refractivity contribution in [1.82, 2.24) is 10.3 Å². The van der Waals surface area contributed by atoms with Crippen molar-refractivity contribution in [3.05, 3.63) is 40.9 Å². The number of carbonyl (C=O) groups is 3. The van der Waals surface area contributed by atoms with Crippen molar-refractivity contribution in [1.29, 1.82) is 0 Å². The zero-order valence-corrected chi connectivity index (χ0v) is 13.1. The maximum Gasteiger partial charge on any atom is 0.254 e. The highest BCUT2D eigenvalue weighted by Crippen LogP contribution is 2.19. The molecule has 0 bridgehead atoms. The summed E-state index contributed by atoms with van der Waals surface area (Å²) >= 11 is 1.30. The van der Waals surface area contributed by atoms with Crippen LogP contribution in [0.15, 0.2) is 29.6 Å². The predicted octanol–water partition coefficient (Wildman–Crippen LogP) is 1.53. The number of amides is 3. The second-order valence-corrected chi connectivity index (χ2v) is 5.97. The summed E-state index contributed by atoms with van der Waals surface area (Å²) < 4.78 is 0. The van der Waals surface area contributed by atoms with Gasteiger partial charge in [0.25, 0.3) is 5.91 Å². The van der Waals surface area contributed by atoms with Gasteiger partial charge in [-0.15, -0.1) is 11.3 Å². The van der Waals surface area contributed by atoms with Crippen molar-refractivity contribution in [2.45, 2.75) is 19.4 Å². The molecule has 1 aliphatic rings. The number of hydrogen-bond acceptors (Lipinski definition) is 5. The molecule has 1 atom stereocenters. The SMILES string of the molecule is Cc1csc(NC(=O)C[C@@H]2NC(=O)c3ccccc3NC2=O)n1. The van der Waals surface area contributed by atoms with Gasteiger partial charge in [-0.25, -0.2) is 4.98 Å². The van der Waals surface area contributed by atoms with Crippen LogP contribution in [0.3, 0.4) is 0 Å². The quantitative estimate of drug-likeness (QED) is 0.794. The van der Waals surface area contributed by atoms with Crippen LogP contribution < -0.4 is 16.0 Å². The molecule has 0 unspecified atom stereocenters. The first kappa shape index (κ1) is 15.2. The van der Waals surface area contributed by atoms with E-state index >= 15 is 0 Å². The molecule has 8 heteroatoms. The van der Waals surface area contributed by atoms with Crippen molar-refractivity contribution < 1.29 is 14.4 Å². The Hall–Kier alpha value is -2.74. The first-order chi connectivity index (χ1) is 11.0. The first-order valence-electron chi connectivity index (χ1n) is 6.95. The number of carbonyl (C=O) groups excluding carboxylic acids is 3. The Labute approximate surface area is 136 Å². The number of aromatic nitrogens is 1. The lowest BCUT2D eigenvalue weighted by molar-refractivity contribution is -0.122. The van der Waals surface area contributed by atoms with Gasteiger partial charge in [-0.05, 0) is 19.1 Å². The molecule has 118 valence electrons. The monoisotopic (exact) mass is 330 g/mol. The Kier molecular flexibility index (Phi) is 4.07. The van der Waals surface area contributed by atoms with E-state index in [4.69, 9.17) is 0 Å². The Morgan fingerprint density at radius 2 is 2.13 bits per heavy atom. The molecule has 2 aromatic rings. The Morgan fingerprint density at radius 3 is 2.87 bits per heavy atom. The number of hydrogen-bond donors (Lipinski definition) is 3. The highest BCUT2D eigenvalue weighted by Gasteiger charge is 2.29. The van der Waals surface area contributed by atoms with E-state index in [-0.39, 0.29) is 18.2 Å². The number of para-hydroxylation sites is 1. The van der Waals surface area contributed by atoms with Gasteiger partial charge in [-0.3, -0.25) is 14.4 Å². The summed E-state index contributed by atoms with van der Waals surface area (Å²) in [5.74, 6) is -1.19. The van der Waals surface area contributed by atoms with E-state index in [1.165, 1.54) is 11.3 Å². The van der Waals surface area contributed by atoms with Crippen LogP contribution in [0.25, 0.3) is 0 Å². The Morgan fingerprint density at radius 1 is 1.35 bits per heavy atom. The minimum absolute atomic E-state index is 0.163. The topological polar surface area (TPSA) is 100 Å². The Balaban J connectivity index is 1.70. The van der Waals surface area contributed by atoms with Gasteiger partial charge < -0.3 is 16.0 Å². The average molecular weight is 330 g/mol. The zero-order chi connectivity index (χ0) is 16.4. The molecule has 0 fully saturated rings. The molecule has 23 heavy (non-hydrogen) atoms. The van der Waals surface area contributed by atoms with Crippen LogP contribution in [0.5, 0.6) is 0 Å². The normalized spacial score (nSPS) is 16.8. The van der Waals surface area contributed by atoms with E-state index < -0.39 is 11.9 Å². The second kappa shape index (κ2) is 6.17. The van der Waals surface area contributed by atoms with Gasteiger partial charge in [-0.2, -0.15) is 0 Å². The fourth-order valence-electron chi connectivity index (χ4n) is 2.22. The van der Waals surface area contributed by atoms with Crippen molar-refractivity contribution in [2.24, 2.45) is 0 Å². The van der Waals surface area contributed by atoms with Crippen molar-refractivity contribution in [3.63, 3.8) is 0 Å². The molecule has 1 aromatic heterocycles. The molecule has 0 spiro atoms. The van der Waals surface area contributed by atoms with E-state index in [9.17, 15) is 14.4 Å². The standard InChI is InChI=1S/C15H14N4O3S/c1-8-7-23-15(16-8)19-12(20)6-11-14(22)17-10-5-3-2-4-9(10)13(21)18-11/h2-5,7,11H,6H2,1H3,(H,17,22)(H,18,21)(H,16,19,20)/t11-/m0/s1. The number of anilines is 2. The molecular formula is C15H14N4O3S. The molecule has 3 N–H and O–H groups in total. The van der Waals surface area contributed by atoms with Crippen LogP contribution in [-0.2, 0) is 9.59 Å². The van der Waals surface area contributed by atoms with Gasteiger partial charge in [0.1, 0.15) is 6.04 Å². The number of nitrogens with zero attached hydrogens (tertiary/aromatic N) is 1. The molecule has 0 radical (unpaired) electrons. The summed E-state index contributed by atoms with van der Waals surface area (Å²) in [4.78, 5) is 40.5. The fourth-order valence-corrected chi connectivity index (χ4v) is 2.93. The van der Waals surface area contributed by atoms with Crippen molar-refractivity contribution >= 4 is 39.9 Å². The molecule has 2 heterocycles. The lowest BCUT2D eigenvalue weighted by Gasteiger charge is -2.13. The summed E-state index contributed by atoms with van der Waals surface area (Å²) in [7, 11) is 0. The molecule has 3 rings (SSSR count). The molecule has 1 aliphatic heterocycles. The molecule has 0 saturated heterocycles. The van der Waals surface area contributed by atoms with Crippen LogP contribution >= 0.6 is 11.3 Å². The smallest absolute Gasteiger partial charge is 0.254 e. The minimum Gasteiger partial charge on any atom is -0.340 e. The van der Waals surface area contributed by atoms with Gasteiger partial charge in [0.15, 0.2) is 5.13 Å². The first-order valence-corrected chi connectivity index (χ1v) is 7.83. The molecule has 7 nitrogen and oxygen atoms in total. The van der Waals surface area contributed by atoms with E-state index in [1.54, 1.807) is 24.3 Å². The van der Waals surface area contributed by atoms with Crippen molar-refractivity contribution in [3.8, 4) is 0 Å². The third kappa shape index (κ3) is 3.37. The van der Waals surface area contributed by atoms with Crippen LogP contribution in [0, 0.1) is 6.92 Å². The maximum absolute atomic E-state index is 12.2. The number of rotatable bonds is 3. The van der Waals surface area contributed by atoms with E-state index in [0.717, 1.165) is 5.69 Å². The van der Waals surface area contributed by atoms with Crippen LogP contribution in [0.2, 0.25) is 0 Å². The van der Waals surface area contributed by atoms with Gasteiger partial charge in [0, 0.05) is 5.38 Å². The van der Waals surface area contributed by atoms with Crippen LogP contribution in [0.1, 0.15) is 22.5 Å². The predicted molar refractivity (Wildman–Crippen MR) is 86.4 cm³/mol. The van der Waals surface area contributed by atoms with Crippen molar-refractivity contribution in [2.75, 3.05) is 10.6 Å². The van der Waals surface area contributed by atoms with Gasteiger partial charge >= 0.3 is 0 Å². The van der Waals surface area contributed by atoms with Gasteiger partial charge in [0.05, 0.1) is 23.4 Å². The van der Waals surface area contributed by atoms with E-state index in [0.29, 0.717) is 16.4 Å². The molecule has 1 aromatic carbocycles. The summed E-state index contributed by atoms with van der Waals surface area (Å²) in [6.07, 6.45) is -0.163. The summed E-state index contributed by atoms with van der Waals surface area (Å²) in [6, 6.07) is 5.77. The number of aryl methyl sites for hydroxylation is 1. The summed E-state index contributed by atoms with van der Waals surface area (Å²) in [5.41, 5.74) is 1.62. The molecule has 0 aliphatic carbocycles. The Bertz CT molecular complexity index is 787. The number of fused-ring (bicyclic) bond motifs is 1. The number of nitrogens with one attached hydrogen (secondary N) is 3. The lowest BCUT2D eigenvalue weighted by Crippen LogP contribution is -2.43. The minimum atomic E-state index is -0.934. The van der Waals surface area contributed by atoms with E-state index in [1.807, 2.05) is 12.3 Å². The van der Waals surface area contributed by atoms with Crippen LogP contribution in [0.4, 0.5) is 10.8 Å². The van der Waals surface area contributed by atoms with Gasteiger partial charge in [-0.1, -0.05) is 12.1 Å². The second-order valence-electron chi connectivity index (χ2n) is 5.11. The third-order valence-electron chi connectivity index (χ3n) is 3.31. The summed E-state index contributed by atoms with van der Waals surface area (Å²) in [5, 5.41) is 10.1. The number of thiazole rings is 1. The third-order valence-corrected chi connectivity index (χ3v) is 4.18. The maximum atomic E-state index is 12.2. The highest BCUT2D eigenvalue weighted by atomic mass is 32.1. The van der Waals surface area contributed by atoms with E-state index in [2.05, 4.69) is 20.9 Å². The molecule has 0 saturated carbocycles. The average Bonchev–Trinajstić information content (AvgIpc) is 2.86. The van der Waals surface area contributed by atoms with Gasteiger partial charge in [0.2, 0.25) is 11.8 Å².